The fourth-order valence-corrected chi connectivity index (χ4v) is 3.15. The summed E-state index contributed by atoms with van der Waals surface area (Å²) in [5, 5.41) is 15.0. The largest absolute Gasteiger partial charge is 0.481 e. The van der Waals surface area contributed by atoms with Crippen LogP contribution >= 0.6 is 0 Å². The Balaban J connectivity index is 2.33. The minimum Gasteiger partial charge on any atom is -0.481 e. The third-order valence-corrected chi connectivity index (χ3v) is 4.38. The van der Waals surface area contributed by atoms with Crippen molar-refractivity contribution in [1.29, 1.82) is 0 Å². The van der Waals surface area contributed by atoms with Gasteiger partial charge in [0.25, 0.3) is 0 Å². The molecule has 3 atom stereocenters. The average Bonchev–Trinajstić information content (AvgIpc) is 2.91. The molecule has 0 bridgehead atoms. The minimum atomic E-state index is -0.730. The summed E-state index contributed by atoms with van der Waals surface area (Å²) in [5.41, 5.74) is 0. The predicted molar refractivity (Wildman–Crippen MR) is 83.2 cm³/mol. The first-order valence-corrected chi connectivity index (χ1v) is 8.35. The molecular formula is C16H30N2O3. The van der Waals surface area contributed by atoms with E-state index in [0.29, 0.717) is 6.54 Å². The Morgan fingerprint density at radius 2 is 1.95 bits per heavy atom. The fraction of sp³-hybridized carbons (Fsp3) is 0.875. The topological polar surface area (TPSA) is 78.4 Å². The van der Waals surface area contributed by atoms with Crippen molar-refractivity contribution in [2.24, 2.45) is 11.8 Å². The molecule has 0 aliphatic heterocycles. The van der Waals surface area contributed by atoms with Gasteiger partial charge in [0.2, 0.25) is 0 Å². The monoisotopic (exact) mass is 298 g/mol. The van der Waals surface area contributed by atoms with Crippen LogP contribution < -0.4 is 10.6 Å². The molecule has 0 saturated heterocycles. The molecule has 3 unspecified atom stereocenters. The molecule has 1 aliphatic rings. The first-order chi connectivity index (χ1) is 10.1. The van der Waals surface area contributed by atoms with Gasteiger partial charge >= 0.3 is 12.0 Å². The van der Waals surface area contributed by atoms with Crippen LogP contribution in [0.5, 0.6) is 0 Å². The molecule has 0 heterocycles. The Kier molecular flexibility index (Phi) is 8.16. The molecule has 5 heteroatoms. The predicted octanol–water partition coefficient (Wildman–Crippen LogP) is 3.15. The highest BCUT2D eigenvalue weighted by Crippen LogP contribution is 2.31. The van der Waals surface area contributed by atoms with Gasteiger partial charge in [-0.25, -0.2) is 4.79 Å². The van der Waals surface area contributed by atoms with Gasteiger partial charge in [0, 0.05) is 12.6 Å². The Morgan fingerprint density at radius 1 is 1.19 bits per heavy atom. The first-order valence-electron chi connectivity index (χ1n) is 8.35. The molecule has 0 aromatic rings. The highest BCUT2D eigenvalue weighted by atomic mass is 16.4. The second kappa shape index (κ2) is 9.64. The summed E-state index contributed by atoms with van der Waals surface area (Å²) in [6.07, 6.45) is 7.88. The van der Waals surface area contributed by atoms with Crippen LogP contribution in [-0.4, -0.2) is 29.7 Å². The summed E-state index contributed by atoms with van der Waals surface area (Å²) in [6, 6.07) is 0.0781. The maximum atomic E-state index is 12.0. The normalized spacial score (nSPS) is 22.8. The summed E-state index contributed by atoms with van der Waals surface area (Å²) in [4.78, 5) is 23.1. The lowest BCUT2D eigenvalue weighted by molar-refractivity contribution is -0.142. The van der Waals surface area contributed by atoms with Crippen LogP contribution in [0.15, 0.2) is 0 Å². The molecule has 1 fully saturated rings. The summed E-state index contributed by atoms with van der Waals surface area (Å²) in [7, 11) is 0. The van der Waals surface area contributed by atoms with E-state index < -0.39 is 5.97 Å². The lowest BCUT2D eigenvalue weighted by atomic mass is 9.96. The van der Waals surface area contributed by atoms with Crippen LogP contribution in [0.3, 0.4) is 0 Å². The molecule has 0 aromatic carbocycles. The number of amides is 2. The van der Waals surface area contributed by atoms with Crippen molar-refractivity contribution in [2.75, 3.05) is 6.54 Å². The van der Waals surface area contributed by atoms with Crippen LogP contribution in [0.1, 0.15) is 65.2 Å². The molecule has 0 radical (unpaired) electrons. The van der Waals surface area contributed by atoms with Crippen LogP contribution in [0.25, 0.3) is 0 Å². The number of hydrogen-bond donors (Lipinski definition) is 3. The van der Waals surface area contributed by atoms with E-state index in [9.17, 15) is 9.59 Å². The van der Waals surface area contributed by atoms with E-state index in [4.69, 9.17) is 5.11 Å². The van der Waals surface area contributed by atoms with Crippen molar-refractivity contribution in [1.82, 2.24) is 10.6 Å². The van der Waals surface area contributed by atoms with Crippen LogP contribution in [0.2, 0.25) is 0 Å². The van der Waals surface area contributed by atoms with E-state index in [1.54, 1.807) is 0 Å². The molecular weight excluding hydrogens is 268 g/mol. The molecule has 0 aromatic heterocycles. The zero-order chi connectivity index (χ0) is 15.7. The maximum absolute atomic E-state index is 12.0. The maximum Gasteiger partial charge on any atom is 0.315 e. The van der Waals surface area contributed by atoms with Gasteiger partial charge in [0.05, 0.1) is 5.92 Å². The number of carbonyl (C=O) groups is 2. The minimum absolute atomic E-state index is 0.0773. The molecule has 21 heavy (non-hydrogen) atoms. The van der Waals surface area contributed by atoms with E-state index in [1.165, 1.54) is 0 Å². The second-order valence-electron chi connectivity index (χ2n) is 6.12. The van der Waals surface area contributed by atoms with Crippen molar-refractivity contribution < 1.29 is 14.7 Å². The van der Waals surface area contributed by atoms with Gasteiger partial charge in [-0.05, 0) is 31.6 Å². The Hall–Kier alpha value is -1.26. The number of hydrogen-bond acceptors (Lipinski definition) is 2. The average molecular weight is 298 g/mol. The van der Waals surface area contributed by atoms with Crippen LogP contribution in [0.4, 0.5) is 4.79 Å². The smallest absolute Gasteiger partial charge is 0.315 e. The number of aliphatic carboxylic acids is 1. The molecule has 122 valence electrons. The van der Waals surface area contributed by atoms with Crippen molar-refractivity contribution in [3.63, 3.8) is 0 Å². The molecule has 1 aliphatic carbocycles. The second-order valence-corrected chi connectivity index (χ2v) is 6.12. The number of carboxylic acids is 1. The first kappa shape index (κ1) is 17.8. The molecule has 1 rings (SSSR count). The Bertz CT molecular complexity index is 333. The highest BCUT2D eigenvalue weighted by molar-refractivity contribution is 5.74. The summed E-state index contributed by atoms with van der Waals surface area (Å²) in [5.74, 6) is -0.947. The number of unbranched alkanes of at least 4 members (excludes halogenated alkanes) is 1. The van der Waals surface area contributed by atoms with Gasteiger partial charge in [0.15, 0.2) is 0 Å². The number of urea groups is 1. The third kappa shape index (κ3) is 6.36. The highest BCUT2D eigenvalue weighted by Gasteiger charge is 2.32. The van der Waals surface area contributed by atoms with Crippen LogP contribution in [0, 0.1) is 11.8 Å². The lowest BCUT2D eigenvalue weighted by Gasteiger charge is -2.20. The SMILES string of the molecule is CCCCC(CCC)NC(=O)NCC1CCCC1C(=O)O. The number of carbonyl (C=O) groups excluding carboxylic acids is 1. The van der Waals surface area contributed by atoms with Gasteiger partial charge in [-0.15, -0.1) is 0 Å². The lowest BCUT2D eigenvalue weighted by Crippen LogP contribution is -2.44. The molecule has 5 nitrogen and oxygen atoms in total. The van der Waals surface area contributed by atoms with Gasteiger partial charge in [0.1, 0.15) is 0 Å². The van der Waals surface area contributed by atoms with Crippen LogP contribution in [-0.2, 0) is 4.79 Å². The zero-order valence-corrected chi connectivity index (χ0v) is 13.4. The number of nitrogens with one attached hydrogen (secondary N) is 2. The van der Waals surface area contributed by atoms with Gasteiger partial charge < -0.3 is 15.7 Å². The molecule has 2 amide bonds. The third-order valence-electron chi connectivity index (χ3n) is 4.38. The van der Waals surface area contributed by atoms with E-state index in [1.807, 2.05) is 0 Å². The van der Waals surface area contributed by atoms with E-state index in [2.05, 4.69) is 24.5 Å². The summed E-state index contributed by atoms with van der Waals surface area (Å²) >= 11 is 0. The van der Waals surface area contributed by atoms with Gasteiger partial charge in [-0.3, -0.25) is 4.79 Å². The quantitative estimate of drug-likeness (QED) is 0.612. The van der Waals surface area contributed by atoms with E-state index >= 15 is 0 Å². The van der Waals surface area contributed by atoms with Crippen molar-refractivity contribution in [3.8, 4) is 0 Å². The standard InChI is InChI=1S/C16H30N2O3/c1-3-5-9-13(7-4-2)18-16(21)17-11-12-8-6-10-14(12)15(19)20/h12-14H,3-11H2,1-2H3,(H,19,20)(H2,17,18,21). The van der Waals surface area contributed by atoms with E-state index in [-0.39, 0.29) is 23.9 Å². The molecule has 3 N–H and O–H groups in total. The van der Waals surface area contributed by atoms with Gasteiger partial charge in [-0.2, -0.15) is 0 Å². The summed E-state index contributed by atoms with van der Waals surface area (Å²) < 4.78 is 0. The Morgan fingerprint density at radius 3 is 2.57 bits per heavy atom. The van der Waals surface area contributed by atoms with E-state index in [0.717, 1.165) is 51.4 Å². The molecule has 0 spiro atoms. The fourth-order valence-electron chi connectivity index (χ4n) is 3.15. The van der Waals surface area contributed by atoms with Gasteiger partial charge in [-0.1, -0.05) is 39.5 Å². The Labute approximate surface area is 127 Å². The molecule has 1 saturated carbocycles. The zero-order valence-electron chi connectivity index (χ0n) is 13.4. The van der Waals surface area contributed by atoms with Crippen molar-refractivity contribution in [2.45, 2.75) is 71.3 Å². The number of carboxylic acid groups (broad SMARTS) is 1. The summed E-state index contributed by atoms with van der Waals surface area (Å²) in [6.45, 7) is 4.74. The number of rotatable bonds is 9. The van der Waals surface area contributed by atoms with Crippen molar-refractivity contribution >= 4 is 12.0 Å². The van der Waals surface area contributed by atoms with Crippen molar-refractivity contribution in [3.05, 3.63) is 0 Å².